The van der Waals surface area contributed by atoms with Crippen molar-refractivity contribution in [3.05, 3.63) is 90.0 Å². The summed E-state index contributed by atoms with van der Waals surface area (Å²) < 4.78 is 10.6. The number of hydrogen-bond acceptors (Lipinski definition) is 4. The lowest BCUT2D eigenvalue weighted by molar-refractivity contribution is 0.0471. The molecule has 0 aliphatic heterocycles. The molecule has 0 spiro atoms. The van der Waals surface area contributed by atoms with E-state index in [1.54, 1.807) is 36.4 Å². The van der Waals surface area contributed by atoms with Gasteiger partial charge >= 0.3 is 5.97 Å². The SMILES string of the molecule is CCOc1ccccc1C(=O)OCC(=O)c1ccc(-c2ccccc2)cc1. The Kier molecular flexibility index (Phi) is 6.00. The minimum absolute atomic E-state index is 0.253. The van der Waals surface area contributed by atoms with Gasteiger partial charge < -0.3 is 9.47 Å². The van der Waals surface area contributed by atoms with Crippen LogP contribution in [-0.2, 0) is 4.74 Å². The lowest BCUT2D eigenvalue weighted by Crippen LogP contribution is -2.15. The van der Waals surface area contributed by atoms with Crippen LogP contribution in [0.1, 0.15) is 27.6 Å². The second kappa shape index (κ2) is 8.81. The van der Waals surface area contributed by atoms with Gasteiger partial charge in [-0.1, -0.05) is 66.7 Å². The number of ketones is 1. The van der Waals surface area contributed by atoms with Crippen molar-refractivity contribution in [1.29, 1.82) is 0 Å². The molecule has 4 heteroatoms. The summed E-state index contributed by atoms with van der Waals surface area (Å²) in [7, 11) is 0. The van der Waals surface area contributed by atoms with Crippen molar-refractivity contribution in [3.63, 3.8) is 0 Å². The maximum Gasteiger partial charge on any atom is 0.342 e. The van der Waals surface area contributed by atoms with Crippen molar-refractivity contribution in [2.24, 2.45) is 0 Å². The molecular formula is C23H20O4. The molecule has 3 rings (SSSR count). The van der Waals surface area contributed by atoms with Crippen LogP contribution in [0.3, 0.4) is 0 Å². The van der Waals surface area contributed by atoms with Gasteiger partial charge in [-0.3, -0.25) is 4.79 Å². The molecule has 0 saturated heterocycles. The molecule has 0 saturated carbocycles. The standard InChI is InChI=1S/C23H20O4/c1-2-26-22-11-7-6-10-20(22)23(25)27-16-21(24)19-14-12-18(13-15-19)17-8-4-3-5-9-17/h3-15H,2,16H2,1H3. The predicted octanol–water partition coefficient (Wildman–Crippen LogP) is 4.79. The highest BCUT2D eigenvalue weighted by atomic mass is 16.5. The van der Waals surface area contributed by atoms with Crippen LogP contribution in [0, 0.1) is 0 Å². The van der Waals surface area contributed by atoms with Crippen LogP contribution >= 0.6 is 0 Å². The maximum atomic E-state index is 12.3. The molecule has 0 fully saturated rings. The Labute approximate surface area is 158 Å². The van der Waals surface area contributed by atoms with E-state index >= 15 is 0 Å². The Morgan fingerprint density at radius 1 is 0.778 bits per heavy atom. The third-order valence-corrected chi connectivity index (χ3v) is 4.06. The highest BCUT2D eigenvalue weighted by Gasteiger charge is 2.16. The van der Waals surface area contributed by atoms with E-state index in [1.807, 2.05) is 49.4 Å². The highest BCUT2D eigenvalue weighted by molar-refractivity contribution is 6.00. The maximum absolute atomic E-state index is 12.3. The summed E-state index contributed by atoms with van der Waals surface area (Å²) in [6, 6.07) is 24.0. The fraction of sp³-hybridized carbons (Fsp3) is 0.130. The first-order valence-corrected chi connectivity index (χ1v) is 8.76. The van der Waals surface area contributed by atoms with Gasteiger partial charge in [-0.2, -0.15) is 0 Å². The average Bonchev–Trinajstić information content (AvgIpc) is 2.73. The van der Waals surface area contributed by atoms with Gasteiger partial charge in [-0.25, -0.2) is 4.79 Å². The first-order valence-electron chi connectivity index (χ1n) is 8.76. The number of hydrogen-bond donors (Lipinski definition) is 0. The van der Waals surface area contributed by atoms with E-state index in [4.69, 9.17) is 9.47 Å². The topological polar surface area (TPSA) is 52.6 Å². The van der Waals surface area contributed by atoms with Crippen LogP contribution in [0.15, 0.2) is 78.9 Å². The number of ether oxygens (including phenoxy) is 2. The minimum Gasteiger partial charge on any atom is -0.493 e. The van der Waals surface area contributed by atoms with Gasteiger partial charge in [0.15, 0.2) is 12.4 Å². The van der Waals surface area contributed by atoms with Crippen LogP contribution < -0.4 is 4.74 Å². The van der Waals surface area contributed by atoms with E-state index in [0.29, 0.717) is 23.5 Å². The number of rotatable bonds is 7. The molecule has 0 N–H and O–H groups in total. The molecule has 0 atom stereocenters. The van der Waals surface area contributed by atoms with Crippen LogP contribution in [0.4, 0.5) is 0 Å². The van der Waals surface area contributed by atoms with Gasteiger partial charge in [-0.15, -0.1) is 0 Å². The molecule has 0 aliphatic carbocycles. The van der Waals surface area contributed by atoms with Gasteiger partial charge in [-0.05, 0) is 30.2 Å². The number of carbonyl (C=O) groups is 2. The second-order valence-corrected chi connectivity index (χ2v) is 5.87. The van der Waals surface area contributed by atoms with Crippen LogP contribution in [-0.4, -0.2) is 25.0 Å². The first kappa shape index (κ1) is 18.4. The Bertz CT molecular complexity index is 915. The third-order valence-electron chi connectivity index (χ3n) is 4.06. The normalized spacial score (nSPS) is 10.3. The minimum atomic E-state index is -0.576. The van der Waals surface area contributed by atoms with Gasteiger partial charge in [0, 0.05) is 5.56 Å². The molecule has 3 aromatic carbocycles. The molecule has 3 aromatic rings. The van der Waals surface area contributed by atoms with Crippen LogP contribution in [0.2, 0.25) is 0 Å². The third kappa shape index (κ3) is 4.61. The molecule has 0 unspecified atom stereocenters. The molecule has 0 aromatic heterocycles. The van der Waals surface area contributed by atoms with E-state index in [-0.39, 0.29) is 12.4 Å². The molecule has 4 nitrogen and oxygen atoms in total. The number of esters is 1. The van der Waals surface area contributed by atoms with E-state index in [9.17, 15) is 9.59 Å². The molecule has 0 radical (unpaired) electrons. The summed E-state index contributed by atoms with van der Waals surface area (Å²) in [6.45, 7) is 1.96. The second-order valence-electron chi connectivity index (χ2n) is 5.87. The zero-order valence-electron chi connectivity index (χ0n) is 15.1. The molecule has 0 bridgehead atoms. The lowest BCUT2D eigenvalue weighted by Gasteiger charge is -2.09. The van der Waals surface area contributed by atoms with Crippen molar-refractivity contribution in [2.45, 2.75) is 6.92 Å². The number of para-hydroxylation sites is 1. The van der Waals surface area contributed by atoms with Crippen LogP contribution in [0.5, 0.6) is 5.75 Å². The van der Waals surface area contributed by atoms with E-state index in [2.05, 4.69) is 0 Å². The van der Waals surface area contributed by atoms with Crippen molar-refractivity contribution in [3.8, 4) is 16.9 Å². The molecule has 0 amide bonds. The Morgan fingerprint density at radius 3 is 2.11 bits per heavy atom. The fourth-order valence-electron chi connectivity index (χ4n) is 2.69. The summed E-state index contributed by atoms with van der Waals surface area (Å²) in [5.41, 5.74) is 2.91. The molecule has 136 valence electrons. The van der Waals surface area contributed by atoms with Gasteiger partial charge in [0.2, 0.25) is 0 Å². The molecule has 0 aliphatic rings. The molecular weight excluding hydrogens is 340 g/mol. The zero-order valence-corrected chi connectivity index (χ0v) is 15.1. The summed E-state index contributed by atoms with van der Waals surface area (Å²) in [4.78, 5) is 24.6. The van der Waals surface area contributed by atoms with Gasteiger partial charge in [0.1, 0.15) is 11.3 Å². The number of benzene rings is 3. The molecule has 27 heavy (non-hydrogen) atoms. The first-order chi connectivity index (χ1) is 13.2. The Hall–Kier alpha value is -3.40. The Morgan fingerprint density at radius 2 is 1.41 bits per heavy atom. The largest absolute Gasteiger partial charge is 0.493 e. The van der Waals surface area contributed by atoms with Gasteiger partial charge in [0.05, 0.1) is 6.61 Å². The summed E-state index contributed by atoms with van der Waals surface area (Å²) >= 11 is 0. The fourth-order valence-corrected chi connectivity index (χ4v) is 2.69. The highest BCUT2D eigenvalue weighted by Crippen LogP contribution is 2.21. The van der Waals surface area contributed by atoms with Crippen molar-refractivity contribution < 1.29 is 19.1 Å². The predicted molar refractivity (Wildman–Crippen MR) is 104 cm³/mol. The summed E-state index contributed by atoms with van der Waals surface area (Å²) in [5, 5.41) is 0. The number of Topliss-reactive ketones (excluding diaryl/α,β-unsaturated/α-hetero) is 1. The summed E-state index contributed by atoms with van der Waals surface area (Å²) in [6.07, 6.45) is 0. The quantitative estimate of drug-likeness (QED) is 0.449. The zero-order chi connectivity index (χ0) is 19.1. The van der Waals surface area contributed by atoms with Crippen molar-refractivity contribution >= 4 is 11.8 Å². The number of carbonyl (C=O) groups excluding carboxylic acids is 2. The van der Waals surface area contributed by atoms with E-state index in [0.717, 1.165) is 11.1 Å². The van der Waals surface area contributed by atoms with Crippen LogP contribution in [0.25, 0.3) is 11.1 Å². The smallest absolute Gasteiger partial charge is 0.342 e. The van der Waals surface area contributed by atoms with Crippen molar-refractivity contribution in [1.82, 2.24) is 0 Å². The monoisotopic (exact) mass is 360 g/mol. The Balaban J connectivity index is 1.63. The van der Waals surface area contributed by atoms with Gasteiger partial charge in [0.25, 0.3) is 0 Å². The van der Waals surface area contributed by atoms with E-state index < -0.39 is 5.97 Å². The lowest BCUT2D eigenvalue weighted by atomic mass is 10.0. The summed E-state index contributed by atoms with van der Waals surface area (Å²) in [5.74, 6) is -0.380. The van der Waals surface area contributed by atoms with Crippen molar-refractivity contribution in [2.75, 3.05) is 13.2 Å². The van der Waals surface area contributed by atoms with E-state index in [1.165, 1.54) is 0 Å². The average molecular weight is 360 g/mol. The molecule has 0 heterocycles.